The quantitative estimate of drug-likeness (QED) is 0.167. The summed E-state index contributed by atoms with van der Waals surface area (Å²) in [6, 6.07) is 16.3. The van der Waals surface area contributed by atoms with Gasteiger partial charge in [-0.05, 0) is 54.0 Å². The zero-order valence-electron chi connectivity index (χ0n) is 24.0. The molecule has 0 saturated heterocycles. The molecule has 4 rings (SSSR count). The Balaban J connectivity index is 1.51. The number of fused-ring (bicyclic) bond motifs is 1. The highest BCUT2D eigenvalue weighted by Crippen LogP contribution is 2.30. The minimum atomic E-state index is -0.229. The van der Waals surface area contributed by atoms with Crippen LogP contribution in [0, 0.1) is 6.92 Å². The summed E-state index contributed by atoms with van der Waals surface area (Å²) < 4.78 is 0. The molecule has 1 amide bonds. The number of nitrogens with zero attached hydrogens (tertiary/aromatic N) is 1. The Morgan fingerprint density at radius 1 is 1.00 bits per heavy atom. The highest BCUT2D eigenvalue weighted by Gasteiger charge is 2.21. The second-order valence-electron chi connectivity index (χ2n) is 11.6. The lowest BCUT2D eigenvalue weighted by Crippen LogP contribution is -2.30. The fourth-order valence-corrected chi connectivity index (χ4v) is 5.06. The van der Waals surface area contributed by atoms with E-state index in [1.807, 2.05) is 50.4 Å². The molecule has 206 valence electrons. The number of hydrogen-bond donors (Lipinski definition) is 3. The van der Waals surface area contributed by atoms with Crippen LogP contribution in [0.15, 0.2) is 54.7 Å². The number of H-pyrrole nitrogens is 2. The lowest BCUT2D eigenvalue weighted by molar-refractivity contribution is -0.121. The van der Waals surface area contributed by atoms with Gasteiger partial charge >= 0.3 is 0 Å². The molecule has 2 aromatic carbocycles. The lowest BCUT2D eigenvalue weighted by Gasteiger charge is -2.19. The van der Waals surface area contributed by atoms with Gasteiger partial charge in [0.1, 0.15) is 11.6 Å². The van der Waals surface area contributed by atoms with E-state index in [0.717, 1.165) is 64.9 Å². The number of unbranched alkanes of at least 4 members (excludes halogenated alkanes) is 2. The minimum Gasteiger partial charge on any atom is -0.358 e. The third kappa shape index (κ3) is 7.25. The molecule has 6 heteroatoms. The van der Waals surface area contributed by atoms with Crippen LogP contribution in [0.4, 0.5) is 0 Å². The van der Waals surface area contributed by atoms with Gasteiger partial charge in [-0.2, -0.15) is 0 Å². The summed E-state index contributed by atoms with van der Waals surface area (Å²) in [4.78, 5) is 36.7. The molecule has 0 bridgehead atoms. The van der Waals surface area contributed by atoms with E-state index >= 15 is 0 Å². The van der Waals surface area contributed by atoms with E-state index < -0.39 is 0 Å². The number of Topliss-reactive ketones (excluding diaryl/α,β-unsaturated/α-hetero) is 1. The largest absolute Gasteiger partial charge is 0.358 e. The first-order chi connectivity index (χ1) is 18.7. The summed E-state index contributed by atoms with van der Waals surface area (Å²) in [6.07, 6.45) is 6.85. The first-order valence-electron chi connectivity index (χ1n) is 14.2. The highest BCUT2D eigenvalue weighted by atomic mass is 16.1. The first kappa shape index (κ1) is 28.3. The van der Waals surface area contributed by atoms with Crippen molar-refractivity contribution in [2.24, 2.45) is 0 Å². The Morgan fingerprint density at radius 2 is 1.77 bits per heavy atom. The molecule has 0 radical (unpaired) electrons. The summed E-state index contributed by atoms with van der Waals surface area (Å²) >= 11 is 0. The lowest BCUT2D eigenvalue weighted by atomic mass is 9.86. The maximum absolute atomic E-state index is 13.5. The van der Waals surface area contributed by atoms with Crippen molar-refractivity contribution in [3.05, 3.63) is 77.4 Å². The van der Waals surface area contributed by atoms with Gasteiger partial charge in [0.2, 0.25) is 5.91 Å². The molecular formula is C33H42N4O2. The Kier molecular flexibility index (Phi) is 9.05. The van der Waals surface area contributed by atoms with E-state index in [1.54, 1.807) is 0 Å². The average molecular weight is 527 g/mol. The van der Waals surface area contributed by atoms with Crippen molar-refractivity contribution in [3.63, 3.8) is 0 Å². The van der Waals surface area contributed by atoms with Crippen molar-refractivity contribution in [3.8, 4) is 11.3 Å². The normalized spacial score (nSPS) is 12.5. The smallest absolute Gasteiger partial charge is 0.225 e. The Hall–Kier alpha value is -3.67. The van der Waals surface area contributed by atoms with Gasteiger partial charge in [0.25, 0.3) is 0 Å². The van der Waals surface area contributed by atoms with E-state index in [2.05, 4.69) is 59.2 Å². The Bertz CT molecular complexity index is 1410. The predicted molar refractivity (Wildman–Crippen MR) is 159 cm³/mol. The third-order valence-corrected chi connectivity index (χ3v) is 7.51. The molecule has 4 aromatic rings. The number of aromatic nitrogens is 3. The number of carbonyl (C=O) groups is 2. The van der Waals surface area contributed by atoms with Crippen LogP contribution in [0.5, 0.6) is 0 Å². The Morgan fingerprint density at radius 3 is 2.49 bits per heavy atom. The van der Waals surface area contributed by atoms with Crippen molar-refractivity contribution in [2.45, 2.75) is 91.0 Å². The van der Waals surface area contributed by atoms with Crippen molar-refractivity contribution in [2.75, 3.05) is 0 Å². The van der Waals surface area contributed by atoms with E-state index in [0.29, 0.717) is 25.0 Å². The van der Waals surface area contributed by atoms with E-state index in [1.165, 1.54) is 5.56 Å². The third-order valence-electron chi connectivity index (χ3n) is 7.51. The standard InChI is InChI=1S/C33H42N4O2/c1-6-25(38)15-11-8-12-16-29(32-34-21-30(37-32)23-13-9-7-10-14-23)36-31(39)20-26-22(2)35-28-18-17-24(19-27(26)28)33(3,4)5/h7,9-10,13-14,17-19,21,29,35H,6,8,11-12,15-16,20H2,1-5H3,(H,34,37)(H,36,39)/t29-/m0/s1. The molecule has 0 fully saturated rings. The number of ketones is 1. The molecule has 0 aliphatic carbocycles. The van der Waals surface area contributed by atoms with Gasteiger partial charge in [-0.3, -0.25) is 9.59 Å². The zero-order chi connectivity index (χ0) is 28.0. The van der Waals surface area contributed by atoms with Gasteiger partial charge in [-0.15, -0.1) is 0 Å². The monoisotopic (exact) mass is 526 g/mol. The second kappa shape index (κ2) is 12.5. The molecule has 0 saturated carbocycles. The molecule has 0 unspecified atom stereocenters. The number of aromatic amines is 2. The summed E-state index contributed by atoms with van der Waals surface area (Å²) in [7, 11) is 0. The summed E-state index contributed by atoms with van der Waals surface area (Å²) in [5.41, 5.74) is 6.38. The zero-order valence-corrected chi connectivity index (χ0v) is 24.0. The van der Waals surface area contributed by atoms with Crippen molar-refractivity contribution in [1.29, 1.82) is 0 Å². The summed E-state index contributed by atoms with van der Waals surface area (Å²) in [5.74, 6) is 1.04. The van der Waals surface area contributed by atoms with Crippen LogP contribution in [-0.2, 0) is 21.4 Å². The van der Waals surface area contributed by atoms with Crippen LogP contribution in [-0.4, -0.2) is 26.6 Å². The Labute approximate surface area is 232 Å². The van der Waals surface area contributed by atoms with E-state index in [9.17, 15) is 9.59 Å². The van der Waals surface area contributed by atoms with E-state index in [-0.39, 0.29) is 17.4 Å². The number of nitrogens with one attached hydrogen (secondary N) is 3. The molecule has 0 spiro atoms. The van der Waals surface area contributed by atoms with Crippen molar-refractivity contribution in [1.82, 2.24) is 20.3 Å². The maximum Gasteiger partial charge on any atom is 0.225 e. The molecular weight excluding hydrogens is 484 g/mol. The first-order valence-corrected chi connectivity index (χ1v) is 14.2. The van der Waals surface area contributed by atoms with Crippen LogP contribution in [0.1, 0.15) is 94.9 Å². The fraction of sp³-hybridized carbons (Fsp3) is 0.424. The highest BCUT2D eigenvalue weighted by molar-refractivity contribution is 5.90. The molecule has 3 N–H and O–H groups in total. The van der Waals surface area contributed by atoms with Gasteiger partial charge in [-0.1, -0.05) is 76.9 Å². The fourth-order valence-electron chi connectivity index (χ4n) is 5.06. The number of rotatable bonds is 12. The number of amides is 1. The van der Waals surface area contributed by atoms with Gasteiger partial charge in [0, 0.05) is 29.4 Å². The SMILES string of the molecule is CCC(=O)CCCCC[C@H](NC(=O)Cc1c(C)[nH]c2ccc(C(C)(C)C)cc12)c1ncc(-c2ccccc2)[nH]1. The number of carbonyl (C=O) groups excluding carboxylic acids is 2. The molecule has 2 aromatic heterocycles. The van der Waals surface area contributed by atoms with Crippen LogP contribution in [0.2, 0.25) is 0 Å². The molecule has 39 heavy (non-hydrogen) atoms. The van der Waals surface area contributed by atoms with Gasteiger partial charge in [0.15, 0.2) is 0 Å². The summed E-state index contributed by atoms with van der Waals surface area (Å²) in [6.45, 7) is 10.6. The average Bonchev–Trinajstić information content (AvgIpc) is 3.52. The number of aryl methyl sites for hydroxylation is 1. The number of hydrogen-bond acceptors (Lipinski definition) is 3. The number of imidazole rings is 1. The molecule has 0 aliphatic rings. The molecule has 0 aliphatic heterocycles. The van der Waals surface area contributed by atoms with E-state index in [4.69, 9.17) is 0 Å². The molecule has 2 heterocycles. The van der Waals surface area contributed by atoms with Crippen LogP contribution < -0.4 is 5.32 Å². The van der Waals surface area contributed by atoms with Crippen LogP contribution in [0.3, 0.4) is 0 Å². The predicted octanol–water partition coefficient (Wildman–Crippen LogP) is 7.49. The van der Waals surface area contributed by atoms with Gasteiger partial charge in [0.05, 0.1) is 24.4 Å². The molecule has 6 nitrogen and oxygen atoms in total. The van der Waals surface area contributed by atoms with Crippen LogP contribution >= 0.6 is 0 Å². The van der Waals surface area contributed by atoms with Crippen molar-refractivity contribution < 1.29 is 9.59 Å². The van der Waals surface area contributed by atoms with Crippen LogP contribution in [0.25, 0.3) is 22.2 Å². The summed E-state index contributed by atoms with van der Waals surface area (Å²) in [5, 5.41) is 4.38. The second-order valence-corrected chi connectivity index (χ2v) is 11.6. The van der Waals surface area contributed by atoms with Gasteiger partial charge in [-0.25, -0.2) is 4.98 Å². The number of benzene rings is 2. The van der Waals surface area contributed by atoms with Gasteiger partial charge < -0.3 is 15.3 Å². The maximum atomic E-state index is 13.5. The minimum absolute atomic E-state index is 0.0241. The molecule has 1 atom stereocenters. The topological polar surface area (TPSA) is 90.6 Å². The van der Waals surface area contributed by atoms with Crippen molar-refractivity contribution >= 4 is 22.6 Å².